The van der Waals surface area contributed by atoms with Gasteiger partial charge in [0.25, 0.3) is 0 Å². The van der Waals surface area contributed by atoms with E-state index in [0.29, 0.717) is 60.8 Å². The third kappa shape index (κ3) is 14.7. The van der Waals surface area contributed by atoms with Crippen LogP contribution in [0.2, 0.25) is 0 Å². The van der Waals surface area contributed by atoms with E-state index in [0.717, 1.165) is 83.4 Å². The van der Waals surface area contributed by atoms with Crippen molar-refractivity contribution in [2.24, 2.45) is 98.6 Å². The van der Waals surface area contributed by atoms with Crippen LogP contribution < -0.4 is 0 Å². The summed E-state index contributed by atoms with van der Waals surface area (Å²) < 4.78 is 16.2. The maximum atomic E-state index is 8.86. The van der Waals surface area contributed by atoms with Gasteiger partial charge in [-0.3, -0.25) is 0 Å². The van der Waals surface area contributed by atoms with Crippen LogP contribution in [0.25, 0.3) is 0 Å². The van der Waals surface area contributed by atoms with Crippen molar-refractivity contribution in [2.75, 3.05) is 52.9 Å². The quantitative estimate of drug-likeness (QED) is 0.0640. The molecular weight excluding hydrogens is 876 g/mol. The molecule has 6 saturated carbocycles. The van der Waals surface area contributed by atoms with E-state index in [1.807, 2.05) is 5.57 Å². The predicted molar refractivity (Wildman–Crippen MR) is 300 cm³/mol. The average Bonchev–Trinajstić information content (AvgIpc) is 3.86. The molecule has 0 unspecified atom stereocenters. The van der Waals surface area contributed by atoms with Gasteiger partial charge in [-0.1, -0.05) is 145 Å². The van der Waals surface area contributed by atoms with Gasteiger partial charge in [-0.2, -0.15) is 0 Å². The molecule has 0 aromatic rings. The molecule has 6 fully saturated rings. The highest BCUT2D eigenvalue weighted by Crippen LogP contribution is 2.69. The summed E-state index contributed by atoms with van der Waals surface area (Å²) in [5.74, 6) is 12.1. The van der Waals surface area contributed by atoms with Gasteiger partial charge in [-0.25, -0.2) is 0 Å². The zero-order valence-electron chi connectivity index (χ0n) is 47.6. The second-order valence-corrected chi connectivity index (χ2v) is 27.1. The molecule has 0 aromatic heterocycles. The normalized spacial score (nSPS) is 38.6. The number of allylic oxidation sites excluding steroid dienone is 3. The monoisotopic (exact) mass is 992 g/mol. The predicted octanol–water partition coefficient (Wildman–Crippen LogP) is 15.3. The number of ether oxygens (including phenoxy) is 3. The summed E-state index contributed by atoms with van der Waals surface area (Å²) in [4.78, 5) is 0. The Morgan fingerprint density at radius 3 is 1.41 bits per heavy atom. The lowest BCUT2D eigenvalue weighted by Gasteiger charge is -2.58. The fraction of sp³-hybridized carbons (Fsp3) is 0.938. The van der Waals surface area contributed by atoms with Crippen molar-refractivity contribution in [3.63, 3.8) is 0 Å². The molecule has 7 heteroatoms. The number of fused-ring (bicyclic) bond motifs is 10. The molecule has 0 saturated heterocycles. The van der Waals surface area contributed by atoms with Gasteiger partial charge in [0.15, 0.2) is 0 Å². The summed E-state index contributed by atoms with van der Waals surface area (Å²) in [6.45, 7) is 30.3. The summed E-state index contributed by atoms with van der Waals surface area (Å²) in [7, 11) is 0. The van der Waals surface area contributed by atoms with Crippen molar-refractivity contribution < 1.29 is 29.5 Å². The highest BCUT2D eigenvalue weighted by atomic mass is 16.5. The minimum absolute atomic E-state index is 0. The largest absolute Gasteiger partial charge is 0.394 e. The Hall–Kier alpha value is -0.695. The molecule has 8 aliphatic carbocycles. The van der Waals surface area contributed by atoms with Crippen LogP contribution in [0.1, 0.15) is 225 Å². The van der Waals surface area contributed by atoms with Gasteiger partial charge in [0.1, 0.15) is 0 Å². The van der Waals surface area contributed by atoms with E-state index in [2.05, 4.69) is 93.1 Å². The maximum absolute atomic E-state index is 8.86. The smallest absolute Gasteiger partial charge is 0.0704 e. The number of hydrogen-bond donors (Lipinski definition) is 3. The van der Waals surface area contributed by atoms with E-state index in [-0.39, 0.29) is 35.7 Å². The van der Waals surface area contributed by atoms with E-state index < -0.39 is 0 Å². The Labute approximate surface area is 441 Å². The SMILES string of the molecule is C.CC(C)CCC[C@@H](C)[C@H]1CC[C@H]2[C@@H]3CC=C4C[C@@H](C)CC[C@]4(C)[C@H]3CC[C@]12C.CC(C)CCC[C@@H](C)[C@H]1CC[C@H]2[C@@H]3CC=C4C[C@@H](OCCOCCO)CC[C@]4(C)[C@H]3CC[C@]12C.OCCOCCO.[B]. The molecule has 0 bridgehead atoms. The molecule has 16 atom stereocenters. The lowest BCUT2D eigenvalue weighted by Crippen LogP contribution is -2.51. The van der Waals surface area contributed by atoms with Gasteiger partial charge in [-0.05, 0) is 201 Å². The summed E-state index contributed by atoms with van der Waals surface area (Å²) in [6, 6.07) is 0. The highest BCUT2D eigenvalue weighted by molar-refractivity contribution is 5.75. The van der Waals surface area contributed by atoms with Gasteiger partial charge >= 0.3 is 0 Å². The van der Waals surface area contributed by atoms with Crippen LogP contribution in [0.4, 0.5) is 0 Å². The third-order valence-electron chi connectivity index (χ3n) is 22.1. The number of hydrogen-bond acceptors (Lipinski definition) is 6. The van der Waals surface area contributed by atoms with E-state index in [4.69, 9.17) is 24.8 Å². The Morgan fingerprint density at radius 1 is 0.521 bits per heavy atom. The molecule has 3 radical (unpaired) electrons. The number of aliphatic hydroxyl groups excluding tert-OH is 3. The van der Waals surface area contributed by atoms with Gasteiger partial charge in [-0.15, -0.1) is 0 Å². The lowest BCUT2D eigenvalue weighted by molar-refractivity contribution is -0.0683. The molecule has 0 aromatic carbocycles. The highest BCUT2D eigenvalue weighted by Gasteiger charge is 2.61. The van der Waals surface area contributed by atoms with Gasteiger partial charge < -0.3 is 29.5 Å². The molecule has 6 nitrogen and oxygen atoms in total. The second kappa shape index (κ2) is 28.6. The van der Waals surface area contributed by atoms with E-state index >= 15 is 0 Å². The van der Waals surface area contributed by atoms with Crippen molar-refractivity contribution in [3.05, 3.63) is 23.3 Å². The van der Waals surface area contributed by atoms with Crippen molar-refractivity contribution in [3.8, 4) is 0 Å². The van der Waals surface area contributed by atoms with Crippen molar-refractivity contribution in [1.29, 1.82) is 0 Å². The molecule has 8 rings (SSSR count). The maximum Gasteiger partial charge on any atom is 0.0704 e. The number of rotatable bonds is 20. The van der Waals surface area contributed by atoms with Crippen LogP contribution >= 0.6 is 0 Å². The molecule has 0 heterocycles. The molecular formula is C64H116BO6. The van der Waals surface area contributed by atoms with E-state index in [1.54, 1.807) is 5.57 Å². The van der Waals surface area contributed by atoms with Crippen LogP contribution in [-0.2, 0) is 14.2 Å². The zero-order chi connectivity index (χ0) is 50.0. The molecule has 0 amide bonds. The summed E-state index contributed by atoms with van der Waals surface area (Å²) in [6.07, 6.45) is 37.0. The zero-order valence-corrected chi connectivity index (χ0v) is 47.6. The fourth-order valence-electron chi connectivity index (χ4n) is 18.3. The van der Waals surface area contributed by atoms with Crippen molar-refractivity contribution in [1.82, 2.24) is 0 Å². The lowest BCUT2D eigenvalue weighted by atomic mass is 9.46. The summed E-state index contributed by atoms with van der Waals surface area (Å²) >= 11 is 0. The van der Waals surface area contributed by atoms with Gasteiger partial charge in [0, 0.05) is 8.41 Å². The minimum Gasteiger partial charge on any atom is -0.394 e. The van der Waals surface area contributed by atoms with Crippen LogP contribution in [-0.4, -0.2) is 82.7 Å². The first-order valence-corrected chi connectivity index (χ1v) is 29.9. The Balaban J connectivity index is 0.000000269. The molecule has 411 valence electrons. The van der Waals surface area contributed by atoms with E-state index in [9.17, 15) is 0 Å². The molecule has 0 spiro atoms. The Bertz CT molecular complexity index is 1590. The first-order valence-electron chi connectivity index (χ1n) is 29.9. The van der Waals surface area contributed by atoms with Crippen LogP contribution in [0.5, 0.6) is 0 Å². The first kappa shape index (κ1) is 62.8. The van der Waals surface area contributed by atoms with Crippen LogP contribution in [0.15, 0.2) is 23.3 Å². The van der Waals surface area contributed by atoms with Gasteiger partial charge in [0.05, 0.1) is 59.0 Å². The minimum atomic E-state index is 0. The fourth-order valence-corrected chi connectivity index (χ4v) is 18.3. The van der Waals surface area contributed by atoms with Gasteiger partial charge in [0.2, 0.25) is 0 Å². The standard InChI is InChI=1S/C31H54O3.C28H48.C4H10O3.CH4.B/c1-22(2)7-6-8-23(3)27-11-12-28-26-10-9-24-21-25(34-20-19-33-18-17-32)13-15-30(24,4)29(26)14-16-31(27,28)5;1-19(2)8-7-9-21(4)24-12-13-25-23-11-10-22-18-20(3)14-16-27(22,5)26(23)15-17-28(24,25)6;5-1-3-7-4-2-6;;/h9,22-23,25-29,32H,6-8,10-21H2,1-5H3;10,19-21,23-26H,7-9,11-18H2,1-6H3;5-6H,1-4H2;1H4;/t23-,25+,26+,27-,28+,29+,30+,31-;20-,21+,23-,24+,25-,26-,27-,28+;;;/m10.../s1. The number of aliphatic hydroxyl groups is 3. The van der Waals surface area contributed by atoms with Crippen LogP contribution in [0, 0.1) is 98.6 Å². The third-order valence-corrected chi connectivity index (χ3v) is 22.1. The van der Waals surface area contributed by atoms with Crippen LogP contribution in [0.3, 0.4) is 0 Å². The second-order valence-electron chi connectivity index (χ2n) is 27.1. The molecule has 3 N–H and O–H groups in total. The van der Waals surface area contributed by atoms with E-state index in [1.165, 1.54) is 135 Å². The average molecular weight is 992 g/mol. The summed E-state index contributed by atoms with van der Waals surface area (Å²) in [5, 5.41) is 25.0. The summed E-state index contributed by atoms with van der Waals surface area (Å²) in [5.41, 5.74) is 5.75. The first-order chi connectivity index (χ1) is 33.0. The van der Waals surface area contributed by atoms with Crippen molar-refractivity contribution >= 4 is 8.41 Å². The molecule has 8 aliphatic rings. The van der Waals surface area contributed by atoms with Crippen molar-refractivity contribution in [2.45, 2.75) is 231 Å². The molecule has 71 heavy (non-hydrogen) atoms. The molecule has 0 aliphatic heterocycles. The topological polar surface area (TPSA) is 88.4 Å². The Morgan fingerprint density at radius 2 is 0.958 bits per heavy atom. The Kier molecular flexibility index (Phi) is 25.3.